The molecule has 0 aliphatic rings. The van der Waals surface area contributed by atoms with Crippen molar-refractivity contribution in [2.75, 3.05) is 0 Å². The van der Waals surface area contributed by atoms with Crippen LogP contribution in [0.2, 0.25) is 0 Å². The van der Waals surface area contributed by atoms with E-state index >= 15 is 0 Å². The Morgan fingerprint density at radius 1 is 0.352 bits per heavy atom. The van der Waals surface area contributed by atoms with Gasteiger partial charge < -0.3 is 8.97 Å². The number of nitrogens with zero attached hydrogens (tertiary/aromatic N) is 2. The summed E-state index contributed by atoms with van der Waals surface area (Å²) in [5.41, 5.74) is 10.3. The van der Waals surface area contributed by atoms with Crippen LogP contribution in [-0.2, 0) is 10.8 Å². The Morgan fingerprint density at radius 3 is 1.76 bits per heavy atom. The lowest BCUT2D eigenvalue weighted by Gasteiger charge is -2.22. The van der Waals surface area contributed by atoms with Gasteiger partial charge in [-0.25, -0.2) is 0 Å². The topological polar surface area (TPSA) is 9.34 Å². The highest BCUT2D eigenvalue weighted by Crippen LogP contribution is 2.48. The van der Waals surface area contributed by atoms with Gasteiger partial charge in [-0.05, 0) is 114 Å². The first-order valence-corrected chi connectivity index (χ1v) is 19.3. The minimum absolute atomic E-state index is 0.00871. The van der Waals surface area contributed by atoms with Crippen LogP contribution in [0.4, 0.5) is 0 Å². The summed E-state index contributed by atoms with van der Waals surface area (Å²) >= 11 is 0. The van der Waals surface area contributed by atoms with E-state index in [0.29, 0.717) is 0 Å². The molecule has 3 aromatic heterocycles. The summed E-state index contributed by atoms with van der Waals surface area (Å²) < 4.78 is 5.07. The van der Waals surface area contributed by atoms with Crippen LogP contribution in [-0.4, -0.2) is 8.97 Å². The minimum atomic E-state index is -0.00871. The second kappa shape index (κ2) is 9.89. The van der Waals surface area contributed by atoms with Gasteiger partial charge >= 0.3 is 0 Å². The van der Waals surface area contributed by atoms with Gasteiger partial charge in [-0.15, -0.1) is 0 Å². The van der Waals surface area contributed by atoms with Gasteiger partial charge in [0, 0.05) is 38.0 Å². The largest absolute Gasteiger partial charge is 0.309 e. The molecule has 3 heterocycles. The van der Waals surface area contributed by atoms with Crippen molar-refractivity contribution >= 4 is 103 Å². The maximum Gasteiger partial charge on any atom is 0.0620 e. The average Bonchev–Trinajstić information content (AvgIpc) is 3.79. The summed E-state index contributed by atoms with van der Waals surface area (Å²) in [6.07, 6.45) is 0. The Kier molecular flexibility index (Phi) is 5.56. The molecule has 0 amide bonds. The van der Waals surface area contributed by atoms with Gasteiger partial charge in [0.25, 0.3) is 0 Å². The molecule has 54 heavy (non-hydrogen) atoms. The average molecular weight is 693 g/mol. The first-order chi connectivity index (χ1) is 26.0. The number of hydrogen-bond acceptors (Lipinski definition) is 0. The predicted molar refractivity (Wildman–Crippen MR) is 234 cm³/mol. The van der Waals surface area contributed by atoms with Crippen LogP contribution in [0.25, 0.3) is 109 Å². The van der Waals surface area contributed by atoms with Crippen LogP contribution in [0.3, 0.4) is 0 Å². The van der Waals surface area contributed by atoms with Crippen LogP contribution < -0.4 is 0 Å². The van der Waals surface area contributed by atoms with Crippen LogP contribution in [0, 0.1) is 0 Å². The number of para-hydroxylation sites is 1. The number of aromatic nitrogens is 2. The van der Waals surface area contributed by atoms with Crippen molar-refractivity contribution in [2.45, 2.75) is 52.4 Å². The Bertz CT molecular complexity index is 3540. The smallest absolute Gasteiger partial charge is 0.0620 e. The summed E-state index contributed by atoms with van der Waals surface area (Å²) in [6, 6.07) is 51.2. The summed E-state index contributed by atoms with van der Waals surface area (Å²) in [4.78, 5) is 0. The number of hydrogen-bond donors (Lipinski definition) is 0. The zero-order chi connectivity index (χ0) is 36.4. The Morgan fingerprint density at radius 2 is 0.981 bits per heavy atom. The monoisotopic (exact) mass is 692 g/mol. The molecule has 0 aliphatic heterocycles. The van der Waals surface area contributed by atoms with Gasteiger partial charge in [-0.3, -0.25) is 0 Å². The first-order valence-electron chi connectivity index (χ1n) is 19.3. The van der Waals surface area contributed by atoms with Crippen molar-refractivity contribution in [1.82, 2.24) is 8.97 Å². The fourth-order valence-electron chi connectivity index (χ4n) is 9.85. The van der Waals surface area contributed by atoms with E-state index in [2.05, 4.69) is 184 Å². The van der Waals surface area contributed by atoms with E-state index in [1.807, 2.05) is 0 Å². The molecule has 2 heteroatoms. The van der Waals surface area contributed by atoms with Crippen molar-refractivity contribution in [2.24, 2.45) is 0 Å². The summed E-state index contributed by atoms with van der Waals surface area (Å²) in [7, 11) is 0. The lowest BCUT2D eigenvalue weighted by molar-refractivity contribution is 0.591. The van der Waals surface area contributed by atoms with E-state index in [-0.39, 0.29) is 10.8 Å². The Labute approximate surface area is 313 Å². The van der Waals surface area contributed by atoms with Gasteiger partial charge in [0.05, 0.1) is 27.6 Å². The van der Waals surface area contributed by atoms with E-state index in [9.17, 15) is 0 Å². The molecule has 0 aliphatic carbocycles. The lowest BCUT2D eigenvalue weighted by Crippen LogP contribution is -2.10. The van der Waals surface area contributed by atoms with Crippen LogP contribution >= 0.6 is 0 Å². The standard InChI is InChI=1S/C52H40N2/c1-51(2,3)34-21-31-15-16-33-24-46-49(38-20-18-32(22-34)47(31)48(33)38)42-26-35(52(4,5)6)25-41-40-27-39-37-13-9-10-14-43(37)53(44(39)28-45(40)54(46)50(41)42)36-19-17-29-11-7-8-12-30(29)23-36/h7-28H,1-6H3. The number of rotatable bonds is 1. The maximum atomic E-state index is 2.59. The van der Waals surface area contributed by atoms with Crippen LogP contribution in [0.1, 0.15) is 52.7 Å². The quantitative estimate of drug-likeness (QED) is 0.152. The van der Waals surface area contributed by atoms with E-state index in [0.717, 1.165) is 0 Å². The zero-order valence-corrected chi connectivity index (χ0v) is 31.6. The SMILES string of the molecule is CC(C)(C)c1cc2ccc3cc4c(c5ccc(c1)c2c35)c1cc(C(C)(C)C)cc2c3cc5c6ccccc6n(-c6ccc7ccccc7c6)c5cc3n4c21. The van der Waals surface area contributed by atoms with Crippen molar-refractivity contribution in [3.63, 3.8) is 0 Å². The van der Waals surface area contributed by atoms with Crippen LogP contribution in [0.5, 0.6) is 0 Å². The van der Waals surface area contributed by atoms with Gasteiger partial charge in [0.1, 0.15) is 0 Å². The summed E-state index contributed by atoms with van der Waals surface area (Å²) in [5, 5.41) is 18.5. The summed E-state index contributed by atoms with van der Waals surface area (Å²) in [5.74, 6) is 0. The van der Waals surface area contributed by atoms with Crippen LogP contribution in [0.15, 0.2) is 133 Å². The highest BCUT2D eigenvalue weighted by molar-refractivity contribution is 6.36. The molecule has 0 radical (unpaired) electrons. The van der Waals surface area contributed by atoms with Crippen molar-refractivity contribution in [1.29, 1.82) is 0 Å². The van der Waals surface area contributed by atoms with Gasteiger partial charge in [0.15, 0.2) is 0 Å². The van der Waals surface area contributed by atoms with E-state index in [1.165, 1.54) is 120 Å². The number of benzene rings is 9. The molecular weight excluding hydrogens is 653 g/mol. The Balaban J connectivity index is 1.27. The Hall–Kier alpha value is -6.12. The molecule has 0 saturated heterocycles. The minimum Gasteiger partial charge on any atom is -0.309 e. The fraction of sp³-hybridized carbons (Fsp3) is 0.154. The second-order valence-corrected chi connectivity index (χ2v) is 17.9. The zero-order valence-electron chi connectivity index (χ0n) is 31.6. The fourth-order valence-corrected chi connectivity index (χ4v) is 9.85. The molecule has 2 nitrogen and oxygen atoms in total. The molecule has 0 N–H and O–H groups in total. The lowest BCUT2D eigenvalue weighted by atomic mass is 9.82. The first kappa shape index (κ1) is 30.4. The molecule has 12 rings (SSSR count). The highest BCUT2D eigenvalue weighted by atomic mass is 15.0. The third-order valence-electron chi connectivity index (χ3n) is 12.6. The summed E-state index contributed by atoms with van der Waals surface area (Å²) in [6.45, 7) is 14.0. The maximum absolute atomic E-state index is 2.59. The molecule has 0 fully saturated rings. The van der Waals surface area contributed by atoms with Crippen molar-refractivity contribution in [3.05, 3.63) is 145 Å². The van der Waals surface area contributed by atoms with Gasteiger partial charge in [-0.1, -0.05) is 126 Å². The van der Waals surface area contributed by atoms with E-state index in [1.54, 1.807) is 0 Å². The third-order valence-corrected chi connectivity index (χ3v) is 12.6. The molecule has 0 bridgehead atoms. The van der Waals surface area contributed by atoms with Crippen molar-refractivity contribution in [3.8, 4) is 5.69 Å². The molecule has 9 aromatic carbocycles. The predicted octanol–water partition coefficient (Wildman–Crippen LogP) is 14.6. The molecule has 258 valence electrons. The van der Waals surface area contributed by atoms with E-state index < -0.39 is 0 Å². The second-order valence-electron chi connectivity index (χ2n) is 17.9. The van der Waals surface area contributed by atoms with Crippen molar-refractivity contribution < 1.29 is 0 Å². The molecular formula is C52H40N2. The van der Waals surface area contributed by atoms with Gasteiger partial charge in [0.2, 0.25) is 0 Å². The molecule has 0 saturated carbocycles. The highest BCUT2D eigenvalue weighted by Gasteiger charge is 2.26. The molecule has 12 aromatic rings. The molecule has 0 atom stereocenters. The normalized spacial score (nSPS) is 13.4. The molecule has 0 spiro atoms. The third kappa shape index (κ3) is 3.85. The van der Waals surface area contributed by atoms with Gasteiger partial charge in [-0.2, -0.15) is 0 Å². The number of fused-ring (bicyclic) bond motifs is 11. The van der Waals surface area contributed by atoms with E-state index in [4.69, 9.17) is 0 Å². The molecule has 0 unspecified atom stereocenters.